The minimum Gasteiger partial charge on any atom is -0.474 e. The molecular formula is C36H36N4OS2. The number of ether oxygens (including phenoxy) is 1. The Hall–Kier alpha value is -4.09. The monoisotopic (exact) mass is 604 g/mol. The van der Waals surface area contributed by atoms with E-state index in [4.69, 9.17) is 4.74 Å². The normalized spacial score (nSPS) is 20.3. The van der Waals surface area contributed by atoms with Crippen molar-refractivity contribution in [2.75, 3.05) is 18.0 Å². The van der Waals surface area contributed by atoms with Crippen LogP contribution in [-0.4, -0.2) is 13.1 Å². The zero-order valence-electron chi connectivity index (χ0n) is 25.3. The second kappa shape index (κ2) is 13.0. The van der Waals surface area contributed by atoms with Crippen LogP contribution in [-0.2, 0) is 10.3 Å². The van der Waals surface area contributed by atoms with Gasteiger partial charge in [0.15, 0.2) is 16.9 Å². The summed E-state index contributed by atoms with van der Waals surface area (Å²) in [5.41, 5.74) is 4.72. The lowest BCUT2D eigenvalue weighted by Crippen LogP contribution is -2.24. The Balaban J connectivity index is 1.81. The van der Waals surface area contributed by atoms with Gasteiger partial charge < -0.3 is 9.64 Å². The Morgan fingerprint density at radius 1 is 0.930 bits per heavy atom. The first-order valence-corrected chi connectivity index (χ1v) is 15.2. The average molecular weight is 605 g/mol. The molecule has 7 heteroatoms. The highest BCUT2D eigenvalue weighted by Gasteiger charge is 2.44. The van der Waals surface area contributed by atoms with E-state index in [9.17, 15) is 15.8 Å². The quantitative estimate of drug-likeness (QED) is 0.244. The third-order valence-corrected chi connectivity index (χ3v) is 8.92. The third kappa shape index (κ3) is 6.78. The van der Waals surface area contributed by atoms with Crippen LogP contribution in [0.25, 0.3) is 6.08 Å². The molecule has 2 aromatic carbocycles. The number of anilines is 1. The summed E-state index contributed by atoms with van der Waals surface area (Å²) in [5.74, 6) is 0.00448. The number of thiol groups is 2. The summed E-state index contributed by atoms with van der Waals surface area (Å²) >= 11 is 9.00. The van der Waals surface area contributed by atoms with E-state index < -0.39 is 5.60 Å². The zero-order chi connectivity index (χ0) is 31.4. The van der Waals surface area contributed by atoms with Crippen LogP contribution in [0, 0.1) is 39.4 Å². The predicted octanol–water partition coefficient (Wildman–Crippen LogP) is 8.86. The minimum absolute atomic E-state index is 0.00448. The second-order valence-corrected chi connectivity index (χ2v) is 12.7. The summed E-state index contributed by atoms with van der Waals surface area (Å²) in [5, 5.41) is 29.6. The second-order valence-electron chi connectivity index (χ2n) is 11.7. The van der Waals surface area contributed by atoms with E-state index in [0.29, 0.717) is 15.4 Å². The van der Waals surface area contributed by atoms with Crippen LogP contribution in [0.5, 0.6) is 0 Å². The van der Waals surface area contributed by atoms with Crippen LogP contribution >= 0.6 is 25.3 Å². The van der Waals surface area contributed by atoms with Gasteiger partial charge in [-0.05, 0) is 86.1 Å². The van der Waals surface area contributed by atoms with Crippen LogP contribution in [0.1, 0.15) is 58.6 Å². The Morgan fingerprint density at radius 3 is 2.19 bits per heavy atom. The first-order valence-electron chi connectivity index (χ1n) is 14.3. The molecule has 0 bridgehead atoms. The van der Waals surface area contributed by atoms with Gasteiger partial charge in [-0.2, -0.15) is 15.8 Å². The van der Waals surface area contributed by atoms with Gasteiger partial charge in [-0.1, -0.05) is 50.3 Å². The van der Waals surface area contributed by atoms with Gasteiger partial charge in [0.1, 0.15) is 23.8 Å². The molecule has 5 nitrogen and oxygen atoms in total. The van der Waals surface area contributed by atoms with Crippen molar-refractivity contribution in [2.45, 2.75) is 62.9 Å². The average Bonchev–Trinajstić information content (AvgIpc) is 3.26. The Kier molecular flexibility index (Phi) is 9.66. The van der Waals surface area contributed by atoms with Crippen LogP contribution in [0.3, 0.4) is 0 Å². The van der Waals surface area contributed by atoms with E-state index in [1.807, 2.05) is 43.3 Å². The van der Waals surface area contributed by atoms with Crippen LogP contribution in [0.4, 0.5) is 5.69 Å². The van der Waals surface area contributed by atoms with Gasteiger partial charge in [0.05, 0.1) is 0 Å². The SMILES string of the molecule is CCN(CC)c1ccc(C=CC2=CC(=CC3=C(C#N)C(=C(C#N)C#N)OC3(C)c3ccc(S)c(S)c3)CC(C)(C)C2)cc1. The van der Waals surface area contributed by atoms with Crippen molar-refractivity contribution in [2.24, 2.45) is 5.41 Å². The van der Waals surface area contributed by atoms with Gasteiger partial charge >= 0.3 is 0 Å². The fourth-order valence-corrected chi connectivity index (χ4v) is 6.16. The van der Waals surface area contributed by atoms with Crippen LogP contribution in [0.15, 0.2) is 104 Å². The number of nitriles is 3. The maximum Gasteiger partial charge on any atom is 0.172 e. The molecule has 4 rings (SSSR count). The highest BCUT2D eigenvalue weighted by molar-refractivity contribution is 7.83. The number of benzene rings is 2. The van der Waals surface area contributed by atoms with E-state index in [2.05, 4.69) is 106 Å². The number of allylic oxidation sites excluding steroid dienone is 6. The molecule has 2 aromatic rings. The van der Waals surface area contributed by atoms with Gasteiger partial charge in [0.2, 0.25) is 0 Å². The van der Waals surface area contributed by atoms with E-state index in [0.717, 1.165) is 42.6 Å². The van der Waals surface area contributed by atoms with Crippen molar-refractivity contribution < 1.29 is 4.74 Å². The Morgan fingerprint density at radius 2 is 1.60 bits per heavy atom. The standard InChI is InChI=1S/C36H36N4OS2/c1-6-40(7-2)29-13-10-24(11-14-29)8-9-25-16-26(20-35(3,4)19-25)17-31-30(23-39)34(27(21-37)22-38)41-36(31,5)28-12-15-32(42)33(43)18-28/h8-18,42-43H,6-7,19-20H2,1-5H3. The molecule has 43 heavy (non-hydrogen) atoms. The summed E-state index contributed by atoms with van der Waals surface area (Å²) in [4.78, 5) is 3.69. The summed E-state index contributed by atoms with van der Waals surface area (Å²) < 4.78 is 6.35. The first-order chi connectivity index (χ1) is 20.5. The molecule has 0 N–H and O–H groups in total. The van der Waals surface area contributed by atoms with E-state index >= 15 is 0 Å². The van der Waals surface area contributed by atoms with Gasteiger partial charge in [-0.15, -0.1) is 25.3 Å². The zero-order valence-corrected chi connectivity index (χ0v) is 27.1. The lowest BCUT2D eigenvalue weighted by atomic mass is 9.74. The Labute approximate surface area is 266 Å². The number of hydrogen-bond donors (Lipinski definition) is 2. The van der Waals surface area contributed by atoms with Crippen molar-refractivity contribution >= 4 is 37.0 Å². The maximum absolute atomic E-state index is 10.3. The number of rotatable bonds is 7. The molecule has 1 unspecified atom stereocenters. The molecule has 218 valence electrons. The van der Waals surface area contributed by atoms with Crippen molar-refractivity contribution in [3.63, 3.8) is 0 Å². The molecule has 0 aromatic heterocycles. The highest BCUT2D eigenvalue weighted by Crippen LogP contribution is 2.49. The molecular weight excluding hydrogens is 569 g/mol. The van der Waals surface area contributed by atoms with E-state index in [1.165, 1.54) is 11.3 Å². The number of nitrogens with zero attached hydrogens (tertiary/aromatic N) is 4. The summed E-state index contributed by atoms with van der Waals surface area (Å²) in [6.45, 7) is 12.6. The minimum atomic E-state index is -1.12. The fraction of sp³-hybridized carbons (Fsp3) is 0.306. The van der Waals surface area contributed by atoms with Gasteiger partial charge in [-0.3, -0.25) is 0 Å². The van der Waals surface area contributed by atoms with Gasteiger partial charge in [0, 0.05) is 39.7 Å². The van der Waals surface area contributed by atoms with Crippen LogP contribution in [0.2, 0.25) is 0 Å². The first kappa shape index (κ1) is 31.8. The molecule has 0 radical (unpaired) electrons. The molecule has 1 heterocycles. The van der Waals surface area contributed by atoms with Crippen LogP contribution < -0.4 is 4.90 Å². The molecule has 1 aliphatic carbocycles. The van der Waals surface area contributed by atoms with E-state index in [1.54, 1.807) is 0 Å². The summed E-state index contributed by atoms with van der Waals surface area (Å²) in [6, 6.07) is 20.2. The molecule has 1 aliphatic heterocycles. The lowest BCUT2D eigenvalue weighted by molar-refractivity contribution is 0.0751. The summed E-state index contributed by atoms with van der Waals surface area (Å²) in [6.07, 6.45) is 10.2. The van der Waals surface area contributed by atoms with Gasteiger partial charge in [0.25, 0.3) is 0 Å². The lowest BCUT2D eigenvalue weighted by Gasteiger charge is -2.32. The maximum atomic E-state index is 10.3. The van der Waals surface area contributed by atoms with Gasteiger partial charge in [-0.25, -0.2) is 0 Å². The molecule has 0 spiro atoms. The molecule has 0 amide bonds. The number of hydrogen-bond acceptors (Lipinski definition) is 7. The van der Waals surface area contributed by atoms with E-state index in [-0.39, 0.29) is 22.3 Å². The van der Waals surface area contributed by atoms with Crippen molar-refractivity contribution in [1.82, 2.24) is 0 Å². The largest absolute Gasteiger partial charge is 0.474 e. The molecule has 0 saturated heterocycles. The van der Waals surface area contributed by atoms with Crippen molar-refractivity contribution in [3.8, 4) is 18.2 Å². The Bertz CT molecular complexity index is 1680. The van der Waals surface area contributed by atoms with Crippen molar-refractivity contribution in [1.29, 1.82) is 15.8 Å². The highest BCUT2D eigenvalue weighted by atomic mass is 32.1. The molecule has 0 saturated carbocycles. The summed E-state index contributed by atoms with van der Waals surface area (Å²) in [7, 11) is 0. The smallest absolute Gasteiger partial charge is 0.172 e. The third-order valence-electron chi connectivity index (χ3n) is 7.98. The molecule has 1 atom stereocenters. The van der Waals surface area contributed by atoms with Crippen molar-refractivity contribution in [3.05, 3.63) is 105 Å². The molecule has 0 fully saturated rings. The topological polar surface area (TPSA) is 83.8 Å². The molecule has 2 aliphatic rings. The predicted molar refractivity (Wildman–Crippen MR) is 178 cm³/mol. The fourth-order valence-electron chi connectivity index (χ4n) is 5.81.